The summed E-state index contributed by atoms with van der Waals surface area (Å²) in [7, 11) is 2.14. The second kappa shape index (κ2) is 9.45. The number of rotatable bonds is 4. The van der Waals surface area contributed by atoms with Crippen molar-refractivity contribution in [3.63, 3.8) is 0 Å². The molecule has 0 radical (unpaired) electrons. The molecule has 1 aliphatic carbocycles. The fourth-order valence-corrected chi connectivity index (χ4v) is 5.51. The molecule has 0 spiro atoms. The number of carbonyl (C=O) groups is 2. The van der Waals surface area contributed by atoms with E-state index in [0.29, 0.717) is 47.6 Å². The third-order valence-corrected chi connectivity index (χ3v) is 7.45. The van der Waals surface area contributed by atoms with Gasteiger partial charge in [-0.3, -0.25) is 14.5 Å². The largest absolute Gasteiger partial charge is 0.391 e. The van der Waals surface area contributed by atoms with Crippen LogP contribution in [0.25, 0.3) is 0 Å². The van der Waals surface area contributed by atoms with Gasteiger partial charge >= 0.3 is 0 Å². The summed E-state index contributed by atoms with van der Waals surface area (Å²) in [5.74, 6) is 0.495. The number of aliphatic hydroxyl groups is 1. The topological polar surface area (TPSA) is 76.1 Å². The standard InChI is InChI=1S/C23H33ClN4O3/c1-3-22(30)25-19-12-17(24)4-5-18(19)23(31)28-13-15-10-20(21(29)11-16(15)14-28)27-8-6-26(2)7-9-27/h4-5,12,15-16,20-21,29H,3,6-11,13-14H2,1-2H3,(H,25,30)/t15-,16+,20-,21-/m1/s1. The number of carbonyl (C=O) groups excluding carboxylic acids is 2. The number of nitrogens with zero attached hydrogens (tertiary/aromatic N) is 3. The molecule has 2 N–H and O–H groups in total. The van der Waals surface area contributed by atoms with Crippen molar-refractivity contribution in [2.45, 2.75) is 38.3 Å². The molecule has 1 aromatic rings. The molecule has 4 rings (SSSR count). The van der Waals surface area contributed by atoms with Gasteiger partial charge in [-0.1, -0.05) is 18.5 Å². The van der Waals surface area contributed by atoms with Crippen molar-refractivity contribution in [2.24, 2.45) is 11.8 Å². The summed E-state index contributed by atoms with van der Waals surface area (Å²) in [6.45, 7) is 7.17. The Hall–Kier alpha value is -1.67. The summed E-state index contributed by atoms with van der Waals surface area (Å²) in [5, 5.41) is 14.1. The lowest BCUT2D eigenvalue weighted by Gasteiger charge is -2.44. The van der Waals surface area contributed by atoms with Gasteiger partial charge in [0.2, 0.25) is 5.91 Å². The van der Waals surface area contributed by atoms with Crippen molar-refractivity contribution in [1.29, 1.82) is 0 Å². The average Bonchev–Trinajstić information content (AvgIpc) is 3.16. The van der Waals surface area contributed by atoms with Gasteiger partial charge in [0, 0.05) is 56.8 Å². The molecule has 0 bridgehead atoms. The van der Waals surface area contributed by atoms with Crippen LogP contribution in [-0.2, 0) is 4.79 Å². The number of aliphatic hydroxyl groups excluding tert-OH is 1. The average molecular weight is 449 g/mol. The second-order valence-corrected chi connectivity index (χ2v) is 9.70. The molecule has 170 valence electrons. The first-order valence-corrected chi connectivity index (χ1v) is 11.7. The van der Waals surface area contributed by atoms with E-state index in [2.05, 4.69) is 22.2 Å². The summed E-state index contributed by atoms with van der Waals surface area (Å²) in [6.07, 6.45) is 1.67. The lowest BCUT2D eigenvalue weighted by molar-refractivity contribution is -0.115. The lowest BCUT2D eigenvalue weighted by atomic mass is 9.77. The summed E-state index contributed by atoms with van der Waals surface area (Å²) in [4.78, 5) is 31.9. The number of amides is 2. The zero-order valence-corrected chi connectivity index (χ0v) is 19.1. The molecule has 2 heterocycles. The Balaban J connectivity index is 1.45. The number of hydrogen-bond donors (Lipinski definition) is 2. The zero-order chi connectivity index (χ0) is 22.1. The van der Waals surface area contributed by atoms with E-state index in [9.17, 15) is 14.7 Å². The number of likely N-dealkylation sites (tertiary alicyclic amines) is 1. The van der Waals surface area contributed by atoms with Gasteiger partial charge in [0.25, 0.3) is 5.91 Å². The van der Waals surface area contributed by atoms with Crippen LogP contribution in [0.4, 0.5) is 5.69 Å². The highest BCUT2D eigenvalue weighted by molar-refractivity contribution is 6.31. The van der Waals surface area contributed by atoms with Gasteiger partial charge < -0.3 is 20.2 Å². The Bertz CT molecular complexity index is 827. The predicted octanol–water partition coefficient (Wildman–Crippen LogP) is 2.15. The van der Waals surface area contributed by atoms with Gasteiger partial charge in [-0.2, -0.15) is 0 Å². The van der Waals surface area contributed by atoms with E-state index >= 15 is 0 Å². The summed E-state index contributed by atoms with van der Waals surface area (Å²) >= 11 is 6.11. The fraction of sp³-hybridized carbons (Fsp3) is 0.652. The molecule has 2 aliphatic heterocycles. The molecule has 31 heavy (non-hydrogen) atoms. The van der Waals surface area contributed by atoms with E-state index in [-0.39, 0.29) is 24.0 Å². The van der Waals surface area contributed by atoms with E-state index in [4.69, 9.17) is 11.6 Å². The highest BCUT2D eigenvalue weighted by atomic mass is 35.5. The molecule has 2 amide bonds. The molecule has 3 aliphatic rings. The Morgan fingerprint density at radius 2 is 1.81 bits per heavy atom. The van der Waals surface area contributed by atoms with Gasteiger partial charge in [0.05, 0.1) is 17.4 Å². The van der Waals surface area contributed by atoms with Crippen LogP contribution in [0.3, 0.4) is 0 Å². The van der Waals surface area contributed by atoms with Crippen LogP contribution < -0.4 is 5.32 Å². The van der Waals surface area contributed by atoms with Crippen LogP contribution in [0.2, 0.25) is 5.02 Å². The monoisotopic (exact) mass is 448 g/mol. The van der Waals surface area contributed by atoms with Crippen molar-refractivity contribution in [3.8, 4) is 0 Å². The maximum absolute atomic E-state index is 13.3. The minimum absolute atomic E-state index is 0.0805. The normalized spacial score (nSPS) is 29.6. The molecule has 2 saturated heterocycles. The first-order chi connectivity index (χ1) is 14.9. The first-order valence-electron chi connectivity index (χ1n) is 11.3. The van der Waals surface area contributed by atoms with Crippen molar-refractivity contribution in [2.75, 3.05) is 51.6 Å². The number of halogens is 1. The molecular weight excluding hydrogens is 416 g/mol. The Morgan fingerprint density at radius 3 is 2.48 bits per heavy atom. The fourth-order valence-electron chi connectivity index (χ4n) is 5.33. The summed E-state index contributed by atoms with van der Waals surface area (Å²) in [5.41, 5.74) is 0.940. The molecule has 3 fully saturated rings. The molecule has 4 atom stereocenters. The number of likely N-dealkylation sites (N-methyl/N-ethyl adjacent to an activating group) is 1. The molecule has 0 unspecified atom stereocenters. The molecule has 1 saturated carbocycles. The van der Waals surface area contributed by atoms with E-state index in [1.807, 2.05) is 4.90 Å². The van der Waals surface area contributed by atoms with Gasteiger partial charge in [-0.25, -0.2) is 0 Å². The van der Waals surface area contributed by atoms with Crippen molar-refractivity contribution < 1.29 is 14.7 Å². The summed E-state index contributed by atoms with van der Waals surface area (Å²) < 4.78 is 0. The quantitative estimate of drug-likeness (QED) is 0.738. The third-order valence-electron chi connectivity index (χ3n) is 7.21. The van der Waals surface area contributed by atoms with Crippen molar-refractivity contribution >= 4 is 29.1 Å². The smallest absolute Gasteiger partial charge is 0.255 e. The maximum atomic E-state index is 13.3. The lowest BCUT2D eigenvalue weighted by Crippen LogP contribution is -2.55. The second-order valence-electron chi connectivity index (χ2n) is 9.27. The van der Waals surface area contributed by atoms with Crippen LogP contribution in [0.5, 0.6) is 0 Å². The molecule has 1 aromatic carbocycles. The van der Waals surface area contributed by atoms with E-state index in [1.165, 1.54) is 0 Å². The van der Waals surface area contributed by atoms with Crippen LogP contribution in [0, 0.1) is 11.8 Å². The van der Waals surface area contributed by atoms with Gasteiger partial charge in [0.1, 0.15) is 0 Å². The maximum Gasteiger partial charge on any atom is 0.255 e. The van der Waals surface area contributed by atoms with Gasteiger partial charge in [-0.05, 0) is 49.9 Å². The minimum atomic E-state index is -0.338. The predicted molar refractivity (Wildman–Crippen MR) is 121 cm³/mol. The van der Waals surface area contributed by atoms with E-state index < -0.39 is 0 Å². The Labute approximate surface area is 189 Å². The molecular formula is C23H33ClN4O3. The zero-order valence-electron chi connectivity index (χ0n) is 18.4. The highest BCUT2D eigenvalue weighted by Crippen LogP contribution is 2.39. The van der Waals surface area contributed by atoms with E-state index in [1.54, 1.807) is 25.1 Å². The number of piperazine rings is 1. The van der Waals surface area contributed by atoms with Crippen molar-refractivity contribution in [3.05, 3.63) is 28.8 Å². The Kier molecular flexibility index (Phi) is 6.86. The first kappa shape index (κ1) is 22.5. The number of benzene rings is 1. The molecule has 7 nitrogen and oxygen atoms in total. The number of nitrogens with one attached hydrogen (secondary N) is 1. The molecule has 0 aromatic heterocycles. The Morgan fingerprint density at radius 1 is 1.13 bits per heavy atom. The number of fused-ring (bicyclic) bond motifs is 1. The van der Waals surface area contributed by atoms with Gasteiger partial charge in [0.15, 0.2) is 0 Å². The van der Waals surface area contributed by atoms with Crippen LogP contribution in [-0.4, -0.2) is 90.1 Å². The van der Waals surface area contributed by atoms with Gasteiger partial charge in [-0.15, -0.1) is 0 Å². The minimum Gasteiger partial charge on any atom is -0.391 e. The van der Waals surface area contributed by atoms with E-state index in [0.717, 1.165) is 39.0 Å². The number of hydrogen-bond acceptors (Lipinski definition) is 5. The van der Waals surface area contributed by atoms with Crippen molar-refractivity contribution in [1.82, 2.24) is 14.7 Å². The number of anilines is 1. The van der Waals surface area contributed by atoms with Crippen LogP contribution in [0.15, 0.2) is 18.2 Å². The SMILES string of the molecule is CCC(=O)Nc1cc(Cl)ccc1C(=O)N1C[C@H]2C[C@@H](N3CCN(C)CC3)[C@H](O)C[C@H]2C1. The van der Waals surface area contributed by atoms with Crippen LogP contribution in [0.1, 0.15) is 36.5 Å². The highest BCUT2D eigenvalue weighted by Gasteiger charge is 2.45. The third kappa shape index (κ3) is 4.90. The van der Waals surface area contributed by atoms with Crippen LogP contribution >= 0.6 is 11.6 Å². The summed E-state index contributed by atoms with van der Waals surface area (Å²) in [6, 6.07) is 5.20. The molecule has 8 heteroatoms.